The van der Waals surface area contributed by atoms with Gasteiger partial charge in [0.15, 0.2) is 0 Å². The van der Waals surface area contributed by atoms with Gasteiger partial charge in [-0.05, 0) is 62.2 Å². The summed E-state index contributed by atoms with van der Waals surface area (Å²) in [5, 5.41) is 0. The highest BCUT2D eigenvalue weighted by molar-refractivity contribution is 6.00. The molecule has 1 aliphatic rings. The normalized spacial score (nSPS) is 14.6. The van der Waals surface area contributed by atoms with E-state index in [1.807, 2.05) is 56.4 Å². The maximum Gasteiger partial charge on any atom is 0.247 e. The second-order valence-corrected chi connectivity index (χ2v) is 9.08. The van der Waals surface area contributed by atoms with Crippen molar-refractivity contribution in [3.05, 3.63) is 83.9 Å². The Bertz CT molecular complexity index is 1150. The average Bonchev–Trinajstić information content (AvgIpc) is 3.32. The van der Waals surface area contributed by atoms with Crippen LogP contribution in [0.5, 0.6) is 0 Å². The lowest BCUT2D eigenvalue weighted by atomic mass is 9.97. The molecule has 0 radical (unpaired) electrons. The highest BCUT2D eigenvalue weighted by atomic mass is 19.1. The number of hydrogen-bond donors (Lipinski definition) is 0. The van der Waals surface area contributed by atoms with Crippen LogP contribution in [-0.4, -0.2) is 33.9 Å². The number of hydrogen-bond acceptors (Lipinski definition) is 2. The third-order valence-electron chi connectivity index (χ3n) is 6.42. The third kappa shape index (κ3) is 4.63. The number of unbranched alkanes of at least 4 members (excludes halogenated alkanes) is 2. The van der Waals surface area contributed by atoms with Crippen LogP contribution in [0.3, 0.4) is 0 Å². The van der Waals surface area contributed by atoms with Gasteiger partial charge in [-0.3, -0.25) is 14.5 Å². The number of anilines is 1. The summed E-state index contributed by atoms with van der Waals surface area (Å²) in [7, 11) is 0. The van der Waals surface area contributed by atoms with Gasteiger partial charge in [-0.1, -0.05) is 44.0 Å². The molecule has 1 unspecified atom stereocenters. The highest BCUT2D eigenvalue weighted by Crippen LogP contribution is 2.42. The summed E-state index contributed by atoms with van der Waals surface area (Å²) in [5.41, 5.74) is 3.41. The van der Waals surface area contributed by atoms with Crippen LogP contribution in [0.15, 0.2) is 66.9 Å². The molecule has 2 heterocycles. The fourth-order valence-corrected chi connectivity index (χ4v) is 4.67. The zero-order valence-corrected chi connectivity index (χ0v) is 20.1. The van der Waals surface area contributed by atoms with Crippen molar-refractivity contribution < 1.29 is 14.0 Å². The Kier molecular flexibility index (Phi) is 7.15. The molecule has 1 aliphatic heterocycles. The second-order valence-electron chi connectivity index (χ2n) is 9.08. The predicted molar refractivity (Wildman–Crippen MR) is 132 cm³/mol. The topological polar surface area (TPSA) is 45.6 Å². The van der Waals surface area contributed by atoms with Gasteiger partial charge in [-0.15, -0.1) is 0 Å². The Hall–Kier alpha value is -3.41. The minimum Gasteiger partial charge on any atom is -0.331 e. The monoisotopic (exact) mass is 461 g/mol. The summed E-state index contributed by atoms with van der Waals surface area (Å²) in [5.74, 6) is -0.479. The molecule has 34 heavy (non-hydrogen) atoms. The first-order valence-electron chi connectivity index (χ1n) is 12.1. The maximum atomic E-state index is 13.9. The Labute approximate surface area is 200 Å². The number of carbonyl (C=O) groups excluding carboxylic acids is 2. The first kappa shape index (κ1) is 23.7. The molecule has 5 nitrogen and oxygen atoms in total. The first-order chi connectivity index (χ1) is 16.4. The van der Waals surface area contributed by atoms with Crippen LogP contribution in [-0.2, 0) is 9.59 Å². The van der Waals surface area contributed by atoms with Gasteiger partial charge in [-0.25, -0.2) is 4.39 Å². The summed E-state index contributed by atoms with van der Waals surface area (Å²) in [4.78, 5) is 30.4. The van der Waals surface area contributed by atoms with Crippen LogP contribution in [0.1, 0.15) is 63.8 Å². The molecular formula is C28H32FN3O2. The van der Waals surface area contributed by atoms with E-state index in [-0.39, 0.29) is 30.2 Å². The van der Waals surface area contributed by atoms with Crippen molar-refractivity contribution in [2.24, 2.45) is 0 Å². The summed E-state index contributed by atoms with van der Waals surface area (Å²) in [6.45, 7) is 5.98. The van der Waals surface area contributed by atoms with Crippen LogP contribution < -0.4 is 4.90 Å². The molecule has 0 fully saturated rings. The van der Waals surface area contributed by atoms with Crippen LogP contribution in [0.25, 0.3) is 5.69 Å². The van der Waals surface area contributed by atoms with Gasteiger partial charge < -0.3 is 9.47 Å². The SMILES string of the molecule is CCCCCC(=O)N(CC(=O)N1c2ccccc2-n2cccc2C1c1ccc(F)cc1)C(C)C. The number of rotatable bonds is 8. The van der Waals surface area contributed by atoms with E-state index in [1.54, 1.807) is 21.9 Å². The molecule has 1 atom stereocenters. The summed E-state index contributed by atoms with van der Waals surface area (Å²) in [6.07, 6.45) is 5.28. The molecule has 2 amide bonds. The predicted octanol–water partition coefficient (Wildman–Crippen LogP) is 5.87. The van der Waals surface area contributed by atoms with Gasteiger partial charge in [0.1, 0.15) is 18.4 Å². The first-order valence-corrected chi connectivity index (χ1v) is 12.1. The number of carbonyl (C=O) groups is 2. The van der Waals surface area contributed by atoms with Crippen molar-refractivity contribution in [1.82, 2.24) is 9.47 Å². The number of nitrogens with zero attached hydrogens (tertiary/aromatic N) is 3. The van der Waals surface area contributed by atoms with Gasteiger partial charge in [0.2, 0.25) is 11.8 Å². The maximum absolute atomic E-state index is 13.9. The minimum atomic E-state index is -0.429. The lowest BCUT2D eigenvalue weighted by Gasteiger charge is -2.40. The second kappa shape index (κ2) is 10.2. The summed E-state index contributed by atoms with van der Waals surface area (Å²) < 4.78 is 15.8. The Morgan fingerprint density at radius 2 is 1.68 bits per heavy atom. The van der Waals surface area contributed by atoms with Crippen molar-refractivity contribution in [2.45, 2.75) is 58.5 Å². The minimum absolute atomic E-state index is 0.00352. The molecule has 1 aromatic heterocycles. The zero-order valence-electron chi connectivity index (χ0n) is 20.1. The van der Waals surface area contributed by atoms with E-state index >= 15 is 0 Å². The summed E-state index contributed by atoms with van der Waals surface area (Å²) in [6, 6.07) is 17.5. The van der Waals surface area contributed by atoms with Crippen molar-refractivity contribution in [3.8, 4) is 5.69 Å². The largest absolute Gasteiger partial charge is 0.331 e. The van der Waals surface area contributed by atoms with Crippen molar-refractivity contribution in [3.63, 3.8) is 0 Å². The van der Waals surface area contributed by atoms with Crippen molar-refractivity contribution in [2.75, 3.05) is 11.4 Å². The molecule has 0 aliphatic carbocycles. The van der Waals surface area contributed by atoms with Crippen LogP contribution >= 0.6 is 0 Å². The van der Waals surface area contributed by atoms with E-state index in [4.69, 9.17) is 0 Å². The molecule has 0 bridgehead atoms. The molecule has 6 heteroatoms. The lowest BCUT2D eigenvalue weighted by Crippen LogP contribution is -2.48. The molecular weight excluding hydrogens is 429 g/mol. The van der Waals surface area contributed by atoms with E-state index in [2.05, 4.69) is 11.5 Å². The van der Waals surface area contributed by atoms with Crippen molar-refractivity contribution in [1.29, 1.82) is 0 Å². The fourth-order valence-electron chi connectivity index (χ4n) is 4.67. The lowest BCUT2D eigenvalue weighted by molar-refractivity contribution is -0.137. The van der Waals surface area contributed by atoms with Gasteiger partial charge in [0.05, 0.1) is 17.1 Å². The number of fused-ring (bicyclic) bond motifs is 3. The molecule has 4 rings (SSSR count). The molecule has 178 valence electrons. The third-order valence-corrected chi connectivity index (χ3v) is 6.42. The van der Waals surface area contributed by atoms with Crippen LogP contribution in [0.2, 0.25) is 0 Å². The number of para-hydroxylation sites is 2. The zero-order chi connectivity index (χ0) is 24.2. The Morgan fingerprint density at radius 1 is 0.971 bits per heavy atom. The highest BCUT2D eigenvalue weighted by Gasteiger charge is 2.37. The van der Waals surface area contributed by atoms with E-state index in [0.29, 0.717) is 6.42 Å². The van der Waals surface area contributed by atoms with Gasteiger partial charge in [0.25, 0.3) is 0 Å². The molecule has 0 saturated carbocycles. The fraction of sp³-hybridized carbons (Fsp3) is 0.357. The van der Waals surface area contributed by atoms with Gasteiger partial charge in [-0.2, -0.15) is 0 Å². The van der Waals surface area contributed by atoms with Gasteiger partial charge in [0, 0.05) is 18.7 Å². The van der Waals surface area contributed by atoms with E-state index in [0.717, 1.165) is 41.9 Å². The number of amides is 2. The number of benzene rings is 2. The molecule has 2 aromatic carbocycles. The Morgan fingerprint density at radius 3 is 2.35 bits per heavy atom. The average molecular weight is 462 g/mol. The molecule has 0 N–H and O–H groups in total. The van der Waals surface area contributed by atoms with Crippen molar-refractivity contribution >= 4 is 17.5 Å². The Balaban J connectivity index is 1.73. The smallest absolute Gasteiger partial charge is 0.247 e. The van der Waals surface area contributed by atoms with Crippen LogP contribution in [0.4, 0.5) is 10.1 Å². The van der Waals surface area contributed by atoms with Crippen LogP contribution in [0, 0.1) is 5.82 Å². The number of aromatic nitrogens is 1. The molecule has 0 spiro atoms. The van der Waals surface area contributed by atoms with E-state index in [1.165, 1.54) is 12.1 Å². The standard InChI is InChI=1S/C28H32FN3O2/c1-4-5-6-13-26(33)31(20(2)3)19-27(34)32-24-11-8-7-10-23(24)30-18-9-12-25(30)28(32)21-14-16-22(29)17-15-21/h7-12,14-18,20,28H,4-6,13,19H2,1-3H3. The summed E-state index contributed by atoms with van der Waals surface area (Å²) >= 11 is 0. The number of halogens is 1. The molecule has 3 aromatic rings. The molecule has 0 saturated heterocycles. The van der Waals surface area contributed by atoms with Gasteiger partial charge >= 0.3 is 0 Å². The van der Waals surface area contributed by atoms with E-state index < -0.39 is 6.04 Å². The quantitative estimate of drug-likeness (QED) is 0.394. The van der Waals surface area contributed by atoms with E-state index in [9.17, 15) is 14.0 Å².